The van der Waals surface area contributed by atoms with Crippen LogP contribution in [0.1, 0.15) is 48.3 Å². The Hall–Kier alpha value is -3.59. The lowest BCUT2D eigenvalue weighted by Gasteiger charge is -2.40. The van der Waals surface area contributed by atoms with Gasteiger partial charge in [0.2, 0.25) is 0 Å². The smallest absolute Gasteiger partial charge is 0.257 e. The van der Waals surface area contributed by atoms with E-state index in [0.29, 0.717) is 36.6 Å². The van der Waals surface area contributed by atoms with Crippen LogP contribution in [0.4, 0.5) is 5.82 Å². The Morgan fingerprint density at radius 2 is 2.00 bits per heavy atom. The second-order valence-corrected chi connectivity index (χ2v) is 8.23. The van der Waals surface area contributed by atoms with Crippen molar-refractivity contribution in [2.75, 3.05) is 24.5 Å². The molecule has 31 heavy (non-hydrogen) atoms. The van der Waals surface area contributed by atoms with Crippen LogP contribution in [0.5, 0.6) is 0 Å². The molecule has 4 rings (SSSR count). The molecule has 0 bridgehead atoms. The van der Waals surface area contributed by atoms with Crippen molar-refractivity contribution in [3.8, 4) is 17.2 Å². The highest BCUT2D eigenvalue weighted by atomic mass is 16.3. The summed E-state index contributed by atoms with van der Waals surface area (Å²) in [5.41, 5.74) is 4.16. The normalized spacial score (nSPS) is 16.4. The van der Waals surface area contributed by atoms with Crippen LogP contribution in [0.3, 0.4) is 0 Å². The lowest BCUT2D eigenvalue weighted by Crippen LogP contribution is -2.54. The summed E-state index contributed by atoms with van der Waals surface area (Å²) in [6.07, 6.45) is 2.99. The standard InChI is InChI=1S/C25H26N4O2/c1-17(2)23-22(19-7-5-4-6-8-19)13-21(14-26)24(27-23)28-10-11-29(18(3)15-28)25(30)20-9-12-31-16-20/h4-9,12-13,16-18H,10-11,15H2,1-3H3. The Balaban J connectivity index is 1.65. The monoisotopic (exact) mass is 414 g/mol. The van der Waals surface area contributed by atoms with Crippen molar-refractivity contribution >= 4 is 11.7 Å². The van der Waals surface area contributed by atoms with Crippen LogP contribution >= 0.6 is 0 Å². The minimum Gasteiger partial charge on any atom is -0.472 e. The number of carbonyl (C=O) groups excluding carboxylic acids is 1. The molecule has 0 aliphatic carbocycles. The van der Waals surface area contributed by atoms with E-state index < -0.39 is 0 Å². The van der Waals surface area contributed by atoms with Crippen molar-refractivity contribution in [3.05, 3.63) is 71.8 Å². The van der Waals surface area contributed by atoms with E-state index in [0.717, 1.165) is 16.8 Å². The summed E-state index contributed by atoms with van der Waals surface area (Å²) in [7, 11) is 0. The second-order valence-electron chi connectivity index (χ2n) is 8.23. The Morgan fingerprint density at radius 1 is 1.23 bits per heavy atom. The van der Waals surface area contributed by atoms with E-state index in [-0.39, 0.29) is 17.9 Å². The van der Waals surface area contributed by atoms with Crippen LogP contribution in [0.25, 0.3) is 11.1 Å². The summed E-state index contributed by atoms with van der Waals surface area (Å²) in [6, 6.07) is 16.1. The third-order valence-electron chi connectivity index (χ3n) is 5.74. The van der Waals surface area contributed by atoms with Gasteiger partial charge in [-0.1, -0.05) is 44.2 Å². The van der Waals surface area contributed by atoms with E-state index in [1.54, 1.807) is 6.07 Å². The molecule has 0 saturated carbocycles. The number of nitrogens with zero attached hydrogens (tertiary/aromatic N) is 4. The molecule has 158 valence electrons. The number of anilines is 1. The maximum absolute atomic E-state index is 12.8. The van der Waals surface area contributed by atoms with Crippen molar-refractivity contribution < 1.29 is 9.21 Å². The van der Waals surface area contributed by atoms with Crippen LogP contribution in [-0.4, -0.2) is 41.5 Å². The van der Waals surface area contributed by atoms with Gasteiger partial charge in [0, 0.05) is 31.2 Å². The predicted molar refractivity (Wildman–Crippen MR) is 120 cm³/mol. The van der Waals surface area contributed by atoms with Gasteiger partial charge in [-0.05, 0) is 30.5 Å². The zero-order valence-electron chi connectivity index (χ0n) is 18.1. The number of amides is 1. The van der Waals surface area contributed by atoms with Crippen LogP contribution < -0.4 is 4.90 Å². The van der Waals surface area contributed by atoms with E-state index >= 15 is 0 Å². The molecule has 1 fully saturated rings. The molecule has 1 atom stereocenters. The summed E-state index contributed by atoms with van der Waals surface area (Å²) >= 11 is 0. The number of pyridine rings is 1. The molecule has 2 aromatic heterocycles. The van der Waals surface area contributed by atoms with Crippen molar-refractivity contribution in [1.82, 2.24) is 9.88 Å². The Kier molecular flexibility index (Phi) is 5.77. The van der Waals surface area contributed by atoms with Crippen LogP contribution in [0.2, 0.25) is 0 Å². The van der Waals surface area contributed by atoms with Crippen molar-refractivity contribution in [2.24, 2.45) is 0 Å². The molecular formula is C25H26N4O2. The molecule has 0 N–H and O–H groups in total. The first-order valence-corrected chi connectivity index (χ1v) is 10.6. The number of aromatic nitrogens is 1. The fourth-order valence-corrected chi connectivity index (χ4v) is 4.13. The first kappa shape index (κ1) is 20.7. The Labute approximate surface area is 182 Å². The fraction of sp³-hybridized carbons (Fsp3) is 0.320. The van der Waals surface area contributed by atoms with Gasteiger partial charge in [0.05, 0.1) is 23.1 Å². The highest BCUT2D eigenvalue weighted by Gasteiger charge is 2.31. The summed E-state index contributed by atoms with van der Waals surface area (Å²) in [5, 5.41) is 9.89. The molecule has 6 nitrogen and oxygen atoms in total. The number of hydrogen-bond acceptors (Lipinski definition) is 5. The summed E-state index contributed by atoms with van der Waals surface area (Å²) < 4.78 is 5.06. The predicted octanol–water partition coefficient (Wildman–Crippen LogP) is 4.69. The topological polar surface area (TPSA) is 73.4 Å². The second kappa shape index (κ2) is 8.65. The molecule has 1 unspecified atom stereocenters. The van der Waals surface area contributed by atoms with Gasteiger partial charge in [0.15, 0.2) is 0 Å². The molecule has 1 aliphatic rings. The third-order valence-corrected chi connectivity index (χ3v) is 5.74. The van der Waals surface area contributed by atoms with Crippen molar-refractivity contribution in [3.63, 3.8) is 0 Å². The van der Waals surface area contributed by atoms with Crippen LogP contribution in [0, 0.1) is 11.3 Å². The van der Waals surface area contributed by atoms with Gasteiger partial charge >= 0.3 is 0 Å². The number of rotatable bonds is 4. The molecule has 3 aromatic rings. The van der Waals surface area contributed by atoms with E-state index in [9.17, 15) is 10.1 Å². The molecule has 1 amide bonds. The third kappa shape index (κ3) is 4.04. The molecule has 1 aromatic carbocycles. The molecule has 1 aliphatic heterocycles. The summed E-state index contributed by atoms with van der Waals surface area (Å²) in [4.78, 5) is 21.7. The van der Waals surface area contributed by atoms with E-state index in [1.165, 1.54) is 12.5 Å². The van der Waals surface area contributed by atoms with E-state index in [2.05, 4.69) is 24.8 Å². The minimum absolute atomic E-state index is 0.0132. The first-order chi connectivity index (χ1) is 15.0. The Bertz CT molecular complexity index is 1100. The average Bonchev–Trinajstić information content (AvgIpc) is 3.33. The Morgan fingerprint density at radius 3 is 2.61 bits per heavy atom. The number of benzene rings is 1. The van der Waals surface area contributed by atoms with E-state index in [1.807, 2.05) is 48.2 Å². The van der Waals surface area contributed by atoms with Gasteiger partial charge in [0.25, 0.3) is 5.91 Å². The van der Waals surface area contributed by atoms with Gasteiger partial charge < -0.3 is 14.2 Å². The molecule has 0 spiro atoms. The average molecular weight is 415 g/mol. The highest BCUT2D eigenvalue weighted by Crippen LogP contribution is 2.33. The van der Waals surface area contributed by atoms with Crippen molar-refractivity contribution in [2.45, 2.75) is 32.7 Å². The van der Waals surface area contributed by atoms with Gasteiger partial charge in [-0.3, -0.25) is 4.79 Å². The van der Waals surface area contributed by atoms with Gasteiger partial charge in [-0.2, -0.15) is 5.26 Å². The van der Waals surface area contributed by atoms with Gasteiger partial charge in [-0.25, -0.2) is 4.98 Å². The number of piperazine rings is 1. The number of nitriles is 1. The minimum atomic E-state index is -0.0309. The van der Waals surface area contributed by atoms with Crippen molar-refractivity contribution in [1.29, 1.82) is 5.26 Å². The number of furan rings is 1. The lowest BCUT2D eigenvalue weighted by atomic mass is 9.96. The summed E-state index contributed by atoms with van der Waals surface area (Å²) in [6.45, 7) is 8.07. The maximum Gasteiger partial charge on any atom is 0.257 e. The summed E-state index contributed by atoms with van der Waals surface area (Å²) in [5.74, 6) is 0.882. The molecule has 6 heteroatoms. The number of carbonyl (C=O) groups is 1. The quantitative estimate of drug-likeness (QED) is 0.619. The van der Waals surface area contributed by atoms with Crippen LogP contribution in [-0.2, 0) is 0 Å². The lowest BCUT2D eigenvalue weighted by molar-refractivity contribution is 0.0673. The largest absolute Gasteiger partial charge is 0.472 e. The molecule has 1 saturated heterocycles. The zero-order chi connectivity index (χ0) is 22.0. The van der Waals surface area contributed by atoms with E-state index in [4.69, 9.17) is 9.40 Å². The molecule has 0 radical (unpaired) electrons. The van der Waals surface area contributed by atoms with Gasteiger partial charge in [0.1, 0.15) is 18.2 Å². The number of hydrogen-bond donors (Lipinski definition) is 0. The first-order valence-electron chi connectivity index (χ1n) is 10.6. The highest BCUT2D eigenvalue weighted by molar-refractivity contribution is 5.94. The fourth-order valence-electron chi connectivity index (χ4n) is 4.13. The SMILES string of the molecule is CC(C)c1nc(N2CCN(C(=O)c3ccoc3)C(C)C2)c(C#N)cc1-c1ccccc1. The molecular weight excluding hydrogens is 388 g/mol. The maximum atomic E-state index is 12.8. The molecule has 3 heterocycles. The van der Waals surface area contributed by atoms with Gasteiger partial charge in [-0.15, -0.1) is 0 Å². The van der Waals surface area contributed by atoms with Crippen LogP contribution in [0.15, 0.2) is 59.4 Å². The zero-order valence-corrected chi connectivity index (χ0v) is 18.1.